The maximum atomic E-state index is 13.9. The minimum absolute atomic E-state index is 0.0414. The molecule has 7 nitrogen and oxygen atoms in total. The van der Waals surface area contributed by atoms with Crippen molar-refractivity contribution in [3.8, 4) is 5.75 Å². The lowest BCUT2D eigenvalue weighted by molar-refractivity contribution is -0.115. The number of amides is 3. The third-order valence-corrected chi connectivity index (χ3v) is 6.96. The predicted molar refractivity (Wildman–Crippen MR) is 160 cm³/mol. The summed E-state index contributed by atoms with van der Waals surface area (Å²) in [6.45, 7) is 1.71. The number of anilines is 2. The molecular formula is C32H28FN3O4S. The SMILES string of the molecule is COc1ccc(/C=C(/NC(=O)c2ccccc2)C(=O)Nc2cccc(SC(C)C(=O)Nc3ccccc3F)c2)cc1. The highest BCUT2D eigenvalue weighted by atomic mass is 32.2. The van der Waals surface area contributed by atoms with Crippen molar-refractivity contribution < 1.29 is 23.5 Å². The Labute approximate surface area is 241 Å². The lowest BCUT2D eigenvalue weighted by Gasteiger charge is -2.14. The van der Waals surface area contributed by atoms with Crippen LogP contribution in [0.15, 0.2) is 114 Å². The molecule has 208 valence electrons. The lowest BCUT2D eigenvalue weighted by atomic mass is 10.1. The molecule has 3 amide bonds. The third kappa shape index (κ3) is 8.30. The van der Waals surface area contributed by atoms with Crippen LogP contribution in [0, 0.1) is 5.82 Å². The molecule has 41 heavy (non-hydrogen) atoms. The van der Waals surface area contributed by atoms with E-state index in [2.05, 4.69) is 16.0 Å². The number of ether oxygens (including phenoxy) is 1. The van der Waals surface area contributed by atoms with Crippen molar-refractivity contribution in [3.63, 3.8) is 0 Å². The van der Waals surface area contributed by atoms with Crippen molar-refractivity contribution in [2.75, 3.05) is 17.7 Å². The van der Waals surface area contributed by atoms with Crippen LogP contribution in [0.5, 0.6) is 5.75 Å². The Hall–Kier alpha value is -4.89. The predicted octanol–water partition coefficient (Wildman–Crippen LogP) is 6.36. The second-order valence-corrected chi connectivity index (χ2v) is 10.3. The van der Waals surface area contributed by atoms with Crippen LogP contribution in [0.2, 0.25) is 0 Å². The molecule has 1 atom stereocenters. The van der Waals surface area contributed by atoms with Gasteiger partial charge in [-0.2, -0.15) is 0 Å². The zero-order valence-corrected chi connectivity index (χ0v) is 23.2. The van der Waals surface area contributed by atoms with E-state index in [0.717, 1.165) is 0 Å². The first kappa shape index (κ1) is 29.1. The number of nitrogens with one attached hydrogen (secondary N) is 3. The van der Waals surface area contributed by atoms with Crippen LogP contribution in [0.1, 0.15) is 22.8 Å². The van der Waals surface area contributed by atoms with Gasteiger partial charge in [0.25, 0.3) is 11.8 Å². The van der Waals surface area contributed by atoms with Crippen LogP contribution in [-0.2, 0) is 9.59 Å². The highest BCUT2D eigenvalue weighted by molar-refractivity contribution is 8.00. The second-order valence-electron chi connectivity index (χ2n) is 8.86. The molecule has 3 N–H and O–H groups in total. The van der Waals surface area contributed by atoms with Crippen molar-refractivity contribution in [1.82, 2.24) is 5.32 Å². The summed E-state index contributed by atoms with van der Waals surface area (Å²) < 4.78 is 19.1. The molecular weight excluding hydrogens is 541 g/mol. The molecule has 0 spiro atoms. The van der Waals surface area contributed by atoms with E-state index >= 15 is 0 Å². The van der Waals surface area contributed by atoms with Crippen molar-refractivity contribution in [2.45, 2.75) is 17.1 Å². The molecule has 0 aliphatic heterocycles. The molecule has 1 unspecified atom stereocenters. The number of carbonyl (C=O) groups is 3. The maximum Gasteiger partial charge on any atom is 0.272 e. The molecule has 0 radical (unpaired) electrons. The van der Waals surface area contributed by atoms with Gasteiger partial charge < -0.3 is 20.7 Å². The van der Waals surface area contributed by atoms with E-state index in [-0.39, 0.29) is 17.3 Å². The van der Waals surface area contributed by atoms with Gasteiger partial charge in [-0.15, -0.1) is 11.8 Å². The zero-order valence-electron chi connectivity index (χ0n) is 22.4. The summed E-state index contributed by atoms with van der Waals surface area (Å²) in [4.78, 5) is 39.6. The van der Waals surface area contributed by atoms with Gasteiger partial charge in [-0.05, 0) is 73.2 Å². The molecule has 0 aliphatic rings. The molecule has 0 saturated heterocycles. The van der Waals surface area contributed by atoms with E-state index < -0.39 is 22.9 Å². The van der Waals surface area contributed by atoms with Crippen LogP contribution in [-0.4, -0.2) is 30.1 Å². The molecule has 4 aromatic rings. The monoisotopic (exact) mass is 569 g/mol. The Morgan fingerprint density at radius 3 is 2.27 bits per heavy atom. The fraction of sp³-hybridized carbons (Fsp3) is 0.0938. The molecule has 0 fully saturated rings. The summed E-state index contributed by atoms with van der Waals surface area (Å²) >= 11 is 1.26. The van der Waals surface area contributed by atoms with Crippen LogP contribution in [0.3, 0.4) is 0 Å². The van der Waals surface area contributed by atoms with Gasteiger partial charge >= 0.3 is 0 Å². The summed E-state index contributed by atoms with van der Waals surface area (Å²) in [7, 11) is 1.56. The molecule has 0 aliphatic carbocycles. The highest BCUT2D eigenvalue weighted by Crippen LogP contribution is 2.27. The normalized spacial score (nSPS) is 11.7. The number of halogens is 1. The van der Waals surface area contributed by atoms with Crippen LogP contribution < -0.4 is 20.7 Å². The van der Waals surface area contributed by atoms with E-state index in [0.29, 0.717) is 27.5 Å². The summed E-state index contributed by atoms with van der Waals surface area (Å²) in [5, 5.41) is 7.58. The standard InChI is InChI=1S/C32H28FN3O4S/c1-21(30(37)35-28-14-7-6-13-27(28)33)41-26-12-8-11-24(20-26)34-32(39)29(19-22-15-17-25(40-2)18-16-22)36-31(38)23-9-4-3-5-10-23/h3-21H,1-2H3,(H,34,39)(H,35,37)(H,36,38)/b29-19+. The van der Waals surface area contributed by atoms with E-state index in [4.69, 9.17) is 4.74 Å². The number of benzene rings is 4. The Bertz CT molecular complexity index is 1560. The maximum absolute atomic E-state index is 13.9. The molecule has 4 rings (SSSR count). The van der Waals surface area contributed by atoms with Gasteiger partial charge in [0.05, 0.1) is 18.0 Å². The van der Waals surface area contributed by atoms with Gasteiger partial charge in [0.1, 0.15) is 17.3 Å². The first-order valence-corrected chi connectivity index (χ1v) is 13.6. The lowest BCUT2D eigenvalue weighted by Crippen LogP contribution is -2.30. The van der Waals surface area contributed by atoms with Crippen molar-refractivity contribution in [1.29, 1.82) is 0 Å². The Kier molecular flexibility index (Phi) is 9.90. The average Bonchev–Trinajstić information content (AvgIpc) is 2.99. The number of carbonyl (C=O) groups excluding carboxylic acids is 3. The van der Waals surface area contributed by atoms with Crippen molar-refractivity contribution >= 4 is 46.9 Å². The minimum atomic E-state index is -0.545. The Morgan fingerprint density at radius 2 is 1.56 bits per heavy atom. The number of methoxy groups -OCH3 is 1. The van der Waals surface area contributed by atoms with E-state index in [1.54, 1.807) is 111 Å². The third-order valence-electron chi connectivity index (χ3n) is 5.86. The molecule has 0 bridgehead atoms. The van der Waals surface area contributed by atoms with Gasteiger partial charge in [-0.3, -0.25) is 14.4 Å². The van der Waals surface area contributed by atoms with Crippen molar-refractivity contribution in [2.24, 2.45) is 0 Å². The Balaban J connectivity index is 1.49. The van der Waals surface area contributed by atoms with Crippen LogP contribution in [0.4, 0.5) is 15.8 Å². The Morgan fingerprint density at radius 1 is 0.854 bits per heavy atom. The number of thioether (sulfide) groups is 1. The quantitative estimate of drug-likeness (QED) is 0.153. The number of rotatable bonds is 10. The van der Waals surface area contributed by atoms with Gasteiger partial charge in [0.2, 0.25) is 5.91 Å². The molecule has 0 saturated carbocycles. The first-order chi connectivity index (χ1) is 19.8. The first-order valence-electron chi connectivity index (χ1n) is 12.7. The van der Waals surface area contributed by atoms with Crippen molar-refractivity contribution in [3.05, 3.63) is 126 Å². The van der Waals surface area contributed by atoms with E-state index in [1.165, 1.54) is 23.9 Å². The van der Waals surface area contributed by atoms with E-state index in [1.807, 2.05) is 0 Å². The summed E-state index contributed by atoms with van der Waals surface area (Å²) in [6.07, 6.45) is 1.57. The number of hydrogen-bond donors (Lipinski definition) is 3. The number of hydrogen-bond acceptors (Lipinski definition) is 5. The second kappa shape index (κ2) is 14.0. The highest BCUT2D eigenvalue weighted by Gasteiger charge is 2.18. The topological polar surface area (TPSA) is 96.5 Å². The summed E-state index contributed by atoms with van der Waals surface area (Å²) in [5.41, 5.74) is 1.71. The largest absolute Gasteiger partial charge is 0.497 e. The molecule has 9 heteroatoms. The number of para-hydroxylation sites is 1. The average molecular weight is 570 g/mol. The fourth-order valence-electron chi connectivity index (χ4n) is 3.71. The van der Waals surface area contributed by atoms with Gasteiger partial charge in [-0.25, -0.2) is 4.39 Å². The van der Waals surface area contributed by atoms with E-state index in [9.17, 15) is 18.8 Å². The fourth-order valence-corrected chi connectivity index (χ4v) is 4.64. The minimum Gasteiger partial charge on any atom is -0.497 e. The van der Waals surface area contributed by atoms with Gasteiger partial charge in [0, 0.05) is 16.1 Å². The van der Waals surface area contributed by atoms with Gasteiger partial charge in [-0.1, -0.05) is 48.5 Å². The summed E-state index contributed by atoms with van der Waals surface area (Å²) in [5.74, 6) is -1.17. The summed E-state index contributed by atoms with van der Waals surface area (Å²) in [6, 6.07) is 28.6. The zero-order chi connectivity index (χ0) is 29.2. The molecule has 0 heterocycles. The smallest absolute Gasteiger partial charge is 0.272 e. The van der Waals surface area contributed by atoms with Crippen LogP contribution >= 0.6 is 11.8 Å². The molecule has 4 aromatic carbocycles. The molecule has 0 aromatic heterocycles. The van der Waals surface area contributed by atoms with Crippen LogP contribution in [0.25, 0.3) is 6.08 Å². The van der Waals surface area contributed by atoms with Gasteiger partial charge in [0.15, 0.2) is 0 Å².